The lowest BCUT2D eigenvalue weighted by atomic mass is 9.94. The lowest BCUT2D eigenvalue weighted by Gasteiger charge is -2.33. The summed E-state index contributed by atoms with van der Waals surface area (Å²) in [6.07, 6.45) is 5.78. The van der Waals surface area contributed by atoms with Crippen LogP contribution in [0.4, 0.5) is 10.1 Å². The molecule has 1 aromatic carbocycles. The molecule has 0 aromatic heterocycles. The Morgan fingerprint density at radius 3 is 2.64 bits per heavy atom. The molecule has 4 nitrogen and oxygen atoms in total. The summed E-state index contributed by atoms with van der Waals surface area (Å²) in [6.45, 7) is 1.97. The van der Waals surface area contributed by atoms with Gasteiger partial charge in [-0.25, -0.2) is 4.39 Å². The average molecular weight is 306 g/mol. The van der Waals surface area contributed by atoms with Crippen LogP contribution in [0.15, 0.2) is 24.3 Å². The van der Waals surface area contributed by atoms with E-state index in [4.69, 9.17) is 0 Å². The monoisotopic (exact) mass is 306 g/mol. The molecule has 1 aliphatic carbocycles. The van der Waals surface area contributed by atoms with Crippen LogP contribution in [0.1, 0.15) is 45.4 Å². The molecule has 1 fully saturated rings. The number of carbonyl (C=O) groups is 2. The fourth-order valence-electron chi connectivity index (χ4n) is 3.00. The smallest absolute Gasteiger partial charge is 0.226 e. The molecule has 1 N–H and O–H groups in total. The molecular formula is C17H23FN2O2. The molecule has 0 bridgehead atoms. The van der Waals surface area contributed by atoms with Crippen LogP contribution in [0, 0.1) is 5.82 Å². The molecule has 5 heteroatoms. The molecule has 2 rings (SSSR count). The summed E-state index contributed by atoms with van der Waals surface area (Å²) in [7, 11) is 0. The van der Waals surface area contributed by atoms with E-state index in [0.717, 1.165) is 25.7 Å². The summed E-state index contributed by atoms with van der Waals surface area (Å²) >= 11 is 0. The van der Waals surface area contributed by atoms with Gasteiger partial charge in [-0.3, -0.25) is 9.59 Å². The van der Waals surface area contributed by atoms with Gasteiger partial charge in [0.15, 0.2) is 0 Å². The van der Waals surface area contributed by atoms with Crippen LogP contribution in [0.5, 0.6) is 0 Å². The number of hydrogen-bond acceptors (Lipinski definition) is 2. The van der Waals surface area contributed by atoms with E-state index in [9.17, 15) is 14.0 Å². The molecule has 0 aliphatic heterocycles. The number of nitrogens with one attached hydrogen (secondary N) is 1. The second-order valence-electron chi connectivity index (χ2n) is 5.81. The predicted octanol–water partition coefficient (Wildman–Crippen LogP) is 3.34. The second-order valence-corrected chi connectivity index (χ2v) is 5.81. The molecule has 120 valence electrons. The summed E-state index contributed by atoms with van der Waals surface area (Å²) in [5.41, 5.74) is 0.442. The van der Waals surface area contributed by atoms with Crippen molar-refractivity contribution in [3.8, 4) is 0 Å². The first-order valence-corrected chi connectivity index (χ1v) is 7.89. The van der Waals surface area contributed by atoms with Crippen LogP contribution in [0.25, 0.3) is 0 Å². The maximum atomic E-state index is 13.1. The Kier molecular flexibility index (Phi) is 5.92. The Hall–Kier alpha value is -1.91. The van der Waals surface area contributed by atoms with Crippen molar-refractivity contribution >= 4 is 17.5 Å². The lowest BCUT2D eigenvalue weighted by molar-refractivity contribution is -0.132. The van der Waals surface area contributed by atoms with Crippen LogP contribution >= 0.6 is 0 Å². The highest BCUT2D eigenvalue weighted by molar-refractivity contribution is 5.91. The van der Waals surface area contributed by atoms with Crippen molar-refractivity contribution in [1.29, 1.82) is 0 Å². The average Bonchev–Trinajstić information content (AvgIpc) is 2.48. The van der Waals surface area contributed by atoms with Crippen molar-refractivity contribution in [3.05, 3.63) is 30.1 Å². The van der Waals surface area contributed by atoms with E-state index in [-0.39, 0.29) is 30.1 Å². The fourth-order valence-corrected chi connectivity index (χ4v) is 3.00. The first-order chi connectivity index (χ1) is 10.6. The minimum Gasteiger partial charge on any atom is -0.339 e. The van der Waals surface area contributed by atoms with Crippen molar-refractivity contribution < 1.29 is 14.0 Å². The summed E-state index contributed by atoms with van der Waals surface area (Å²) < 4.78 is 13.1. The largest absolute Gasteiger partial charge is 0.339 e. The van der Waals surface area contributed by atoms with E-state index in [1.807, 2.05) is 4.90 Å². The maximum absolute atomic E-state index is 13.1. The number of hydrogen-bond donors (Lipinski definition) is 1. The van der Waals surface area contributed by atoms with E-state index >= 15 is 0 Å². The topological polar surface area (TPSA) is 49.4 Å². The highest BCUT2D eigenvalue weighted by Gasteiger charge is 2.23. The van der Waals surface area contributed by atoms with Crippen molar-refractivity contribution in [1.82, 2.24) is 4.90 Å². The first kappa shape index (κ1) is 16.5. The van der Waals surface area contributed by atoms with Gasteiger partial charge in [-0.15, -0.1) is 0 Å². The third-order valence-corrected chi connectivity index (χ3v) is 4.11. The molecule has 0 saturated heterocycles. The predicted molar refractivity (Wildman–Crippen MR) is 83.9 cm³/mol. The van der Waals surface area contributed by atoms with Gasteiger partial charge in [0.1, 0.15) is 5.82 Å². The second kappa shape index (κ2) is 7.92. The first-order valence-electron chi connectivity index (χ1n) is 7.89. The molecule has 1 aliphatic rings. The van der Waals surface area contributed by atoms with Crippen molar-refractivity contribution in [2.75, 3.05) is 11.9 Å². The Labute approximate surface area is 130 Å². The van der Waals surface area contributed by atoms with Gasteiger partial charge in [-0.2, -0.15) is 0 Å². The van der Waals surface area contributed by atoms with Gasteiger partial charge in [-0.1, -0.05) is 25.3 Å². The maximum Gasteiger partial charge on any atom is 0.226 e. The zero-order chi connectivity index (χ0) is 15.9. The number of rotatable bonds is 5. The van der Waals surface area contributed by atoms with Gasteiger partial charge in [0.2, 0.25) is 11.8 Å². The zero-order valence-corrected chi connectivity index (χ0v) is 13.0. The van der Waals surface area contributed by atoms with Gasteiger partial charge in [0, 0.05) is 31.6 Å². The standard InChI is InChI=1S/C17H23FN2O2/c1-13(21)20(16-8-3-2-4-9-16)11-10-17(22)19-15-7-5-6-14(18)12-15/h5-7,12,16H,2-4,8-11H2,1H3,(H,19,22). The minimum atomic E-state index is -0.384. The molecule has 1 saturated carbocycles. The van der Waals surface area contributed by atoms with E-state index in [1.54, 1.807) is 19.1 Å². The van der Waals surface area contributed by atoms with E-state index < -0.39 is 0 Å². The van der Waals surface area contributed by atoms with E-state index in [2.05, 4.69) is 5.32 Å². The summed E-state index contributed by atoms with van der Waals surface area (Å²) in [5, 5.41) is 2.66. The Bertz CT molecular complexity index is 527. The normalized spacial score (nSPS) is 15.4. The van der Waals surface area contributed by atoms with Gasteiger partial charge in [0.25, 0.3) is 0 Å². The Morgan fingerprint density at radius 1 is 1.27 bits per heavy atom. The van der Waals surface area contributed by atoms with Crippen LogP contribution in [0.2, 0.25) is 0 Å². The van der Waals surface area contributed by atoms with Crippen LogP contribution in [0.3, 0.4) is 0 Å². The lowest BCUT2D eigenvalue weighted by Crippen LogP contribution is -2.41. The molecule has 1 aromatic rings. The van der Waals surface area contributed by atoms with Gasteiger partial charge >= 0.3 is 0 Å². The van der Waals surface area contributed by atoms with Gasteiger partial charge in [-0.05, 0) is 31.0 Å². The SMILES string of the molecule is CC(=O)N(CCC(=O)Nc1cccc(F)c1)C1CCCCC1. The number of amides is 2. The summed E-state index contributed by atoms with van der Waals surface area (Å²) in [6, 6.07) is 6.06. The van der Waals surface area contributed by atoms with Crippen LogP contribution in [-0.4, -0.2) is 29.3 Å². The number of nitrogens with zero attached hydrogens (tertiary/aromatic N) is 1. The third-order valence-electron chi connectivity index (χ3n) is 4.11. The number of anilines is 1. The highest BCUT2D eigenvalue weighted by atomic mass is 19.1. The van der Waals surface area contributed by atoms with E-state index in [1.165, 1.54) is 18.6 Å². The molecule has 2 amide bonds. The number of benzene rings is 1. The van der Waals surface area contributed by atoms with Gasteiger partial charge < -0.3 is 10.2 Å². The highest BCUT2D eigenvalue weighted by Crippen LogP contribution is 2.23. The zero-order valence-electron chi connectivity index (χ0n) is 13.0. The van der Waals surface area contributed by atoms with E-state index in [0.29, 0.717) is 12.2 Å². The van der Waals surface area contributed by atoms with Crippen LogP contribution < -0.4 is 5.32 Å². The fraction of sp³-hybridized carbons (Fsp3) is 0.529. The van der Waals surface area contributed by atoms with Crippen molar-refractivity contribution in [2.24, 2.45) is 0 Å². The summed E-state index contributed by atoms with van der Waals surface area (Å²) in [5.74, 6) is -0.566. The Morgan fingerprint density at radius 2 is 2.00 bits per heavy atom. The molecular weight excluding hydrogens is 283 g/mol. The van der Waals surface area contributed by atoms with Crippen LogP contribution in [-0.2, 0) is 9.59 Å². The molecule has 0 spiro atoms. The quantitative estimate of drug-likeness (QED) is 0.907. The number of carbonyl (C=O) groups excluding carboxylic acids is 2. The van der Waals surface area contributed by atoms with Crippen molar-refractivity contribution in [2.45, 2.75) is 51.5 Å². The molecule has 0 atom stereocenters. The molecule has 0 heterocycles. The summed E-state index contributed by atoms with van der Waals surface area (Å²) in [4.78, 5) is 25.6. The molecule has 22 heavy (non-hydrogen) atoms. The number of halogens is 1. The Balaban J connectivity index is 1.86. The molecule has 0 unspecified atom stereocenters. The van der Waals surface area contributed by atoms with Crippen molar-refractivity contribution in [3.63, 3.8) is 0 Å². The molecule has 0 radical (unpaired) electrons. The third kappa shape index (κ3) is 4.83. The van der Waals surface area contributed by atoms with Gasteiger partial charge in [0.05, 0.1) is 0 Å². The minimum absolute atomic E-state index is 0.0189.